The Kier molecular flexibility index (Phi) is 6.56. The molecule has 0 N–H and O–H groups in total. The smallest absolute Gasteiger partial charge is 0.459 e. The molecule has 1 unspecified atom stereocenters. The van der Waals surface area contributed by atoms with E-state index in [1.54, 1.807) is 0 Å². The van der Waals surface area contributed by atoms with Crippen molar-refractivity contribution in [1.82, 2.24) is 0 Å². The van der Waals surface area contributed by atoms with Crippen LogP contribution in [0.1, 0.15) is 6.92 Å². The third kappa shape index (κ3) is 4.53. The average molecular weight is 412 g/mol. The van der Waals surface area contributed by atoms with Crippen molar-refractivity contribution in [1.29, 1.82) is 0 Å². The highest BCUT2D eigenvalue weighted by Crippen LogP contribution is 2.72. The zero-order valence-electron chi connectivity index (χ0n) is 12.4. The van der Waals surface area contributed by atoms with E-state index in [0.717, 1.165) is 11.0 Å². The molecule has 0 spiro atoms. The average Bonchev–Trinajstić information content (AvgIpc) is 2.84. The van der Waals surface area contributed by atoms with Crippen LogP contribution in [0.3, 0.4) is 0 Å². The Morgan fingerprint density at radius 2 is 1.32 bits per heavy atom. The standard InChI is InChI=1S/C6H11N2.C4HF10O2P/c1-3-8(2)5-4-7-6-8;5-1(6,7)3(11,12)17(15,16)4(13,14)2(8,9)10/h4-6H,3H2,1-2H3;(H,15,16)/q+1;/p-1. The second kappa shape index (κ2) is 6.88. The topological polar surface area (TPSA) is 52.5 Å². The van der Waals surface area contributed by atoms with Crippen LogP contribution < -0.4 is 4.89 Å². The van der Waals surface area contributed by atoms with Crippen molar-refractivity contribution in [2.24, 2.45) is 4.99 Å². The summed E-state index contributed by atoms with van der Waals surface area (Å²) < 4.78 is 128. The Morgan fingerprint density at radius 1 is 0.960 bits per heavy atom. The molecule has 1 heterocycles. The molecule has 0 aromatic carbocycles. The molecule has 4 nitrogen and oxygen atoms in total. The van der Waals surface area contributed by atoms with E-state index in [1.807, 2.05) is 12.5 Å². The van der Waals surface area contributed by atoms with Crippen LogP contribution in [0.2, 0.25) is 0 Å². The minimum atomic E-state index is -8.51. The number of hydrogen-bond acceptors (Lipinski definition) is 3. The van der Waals surface area contributed by atoms with E-state index in [-0.39, 0.29) is 0 Å². The second-order valence-corrected chi connectivity index (χ2v) is 7.08. The quantitative estimate of drug-likeness (QED) is 0.401. The van der Waals surface area contributed by atoms with Crippen LogP contribution in [-0.2, 0) is 4.57 Å². The molecule has 0 aromatic heterocycles. The summed E-state index contributed by atoms with van der Waals surface area (Å²) in [6.07, 6.45) is -8.33. The van der Waals surface area contributed by atoms with Crippen molar-refractivity contribution in [3.8, 4) is 0 Å². The Labute approximate surface area is 134 Å². The lowest BCUT2D eigenvalue weighted by Gasteiger charge is -2.38. The molecule has 25 heavy (non-hydrogen) atoms. The van der Waals surface area contributed by atoms with Gasteiger partial charge in [-0.1, -0.05) is 0 Å². The Morgan fingerprint density at radius 3 is 1.48 bits per heavy atom. The number of aliphatic imine (C=N–C) groups is 1. The highest BCUT2D eigenvalue weighted by molar-refractivity contribution is 7.59. The SMILES string of the molecule is CC[N+]1(C)C=CN=C1.O=P([O-])(C(F)(F)C(F)(F)F)C(F)(F)C(F)(F)F. The van der Waals surface area contributed by atoms with Crippen molar-refractivity contribution in [2.45, 2.75) is 30.6 Å². The van der Waals surface area contributed by atoms with Gasteiger partial charge in [-0.25, -0.2) is 4.99 Å². The second-order valence-electron chi connectivity index (χ2n) is 4.86. The minimum absolute atomic E-state index is 0.847. The number of quaternary nitrogens is 1. The van der Waals surface area contributed by atoms with Crippen LogP contribution in [0, 0.1) is 0 Å². The van der Waals surface area contributed by atoms with Gasteiger partial charge in [0.25, 0.3) is 0 Å². The van der Waals surface area contributed by atoms with Crippen molar-refractivity contribution < 1.29 is 57.8 Å². The maximum Gasteiger partial charge on any atom is 0.459 e. The summed E-state index contributed by atoms with van der Waals surface area (Å²) in [6, 6.07) is 0. The Balaban J connectivity index is 0.000000593. The van der Waals surface area contributed by atoms with E-state index in [1.165, 1.54) is 0 Å². The largest absolute Gasteiger partial charge is 0.790 e. The van der Waals surface area contributed by atoms with Gasteiger partial charge in [-0.3, -0.25) is 4.48 Å². The van der Waals surface area contributed by atoms with Crippen LogP contribution >= 0.6 is 7.37 Å². The molecule has 1 aliphatic heterocycles. The first kappa shape index (κ1) is 23.9. The molecule has 0 aromatic rings. The molecule has 1 atom stereocenters. The number of halogens is 10. The highest BCUT2D eigenvalue weighted by atomic mass is 31.2. The summed E-state index contributed by atoms with van der Waals surface area (Å²) >= 11 is 0. The molecule has 0 saturated heterocycles. The van der Waals surface area contributed by atoms with Crippen LogP contribution in [-0.4, -0.2) is 48.1 Å². The van der Waals surface area contributed by atoms with Gasteiger partial charge in [-0.15, -0.1) is 0 Å². The van der Waals surface area contributed by atoms with Crippen molar-refractivity contribution in [3.63, 3.8) is 0 Å². The van der Waals surface area contributed by atoms with E-state index >= 15 is 0 Å². The molecule has 0 aliphatic carbocycles. The molecule has 0 amide bonds. The van der Waals surface area contributed by atoms with Gasteiger partial charge in [0.15, 0.2) is 13.7 Å². The fourth-order valence-electron chi connectivity index (χ4n) is 1.12. The third-order valence-corrected chi connectivity index (χ3v) is 4.91. The molecule has 0 fully saturated rings. The zero-order valence-corrected chi connectivity index (χ0v) is 13.3. The normalized spacial score (nSPS) is 22.0. The molecule has 0 saturated carbocycles. The summed E-state index contributed by atoms with van der Waals surface area (Å²) in [6.45, 7) is 3.22. The van der Waals surface area contributed by atoms with Gasteiger partial charge in [-0.2, -0.15) is 43.9 Å². The summed E-state index contributed by atoms with van der Waals surface area (Å²) in [5, 5.41) is 0. The van der Waals surface area contributed by atoms with Crippen molar-refractivity contribution in [2.75, 3.05) is 13.6 Å². The molecule has 1 aliphatic rings. The van der Waals surface area contributed by atoms with E-state index in [9.17, 15) is 53.4 Å². The van der Waals surface area contributed by atoms with Gasteiger partial charge in [-0.05, 0) is 6.92 Å². The molecular formula is C10H11F10N2O2P. The number of rotatable bonds is 3. The first-order valence-corrected chi connectivity index (χ1v) is 7.66. The van der Waals surface area contributed by atoms with Gasteiger partial charge >= 0.3 is 23.7 Å². The zero-order chi connectivity index (χ0) is 20.5. The van der Waals surface area contributed by atoms with Crippen molar-refractivity contribution in [3.05, 3.63) is 12.4 Å². The van der Waals surface area contributed by atoms with Crippen LogP contribution in [0.5, 0.6) is 0 Å². The number of nitrogens with zero attached hydrogens (tertiary/aromatic N) is 2. The molecular weight excluding hydrogens is 401 g/mol. The van der Waals surface area contributed by atoms with Gasteiger partial charge in [0.2, 0.25) is 0 Å². The monoisotopic (exact) mass is 412 g/mol. The van der Waals surface area contributed by atoms with E-state index in [2.05, 4.69) is 25.2 Å². The number of alkyl halides is 10. The van der Waals surface area contributed by atoms with Gasteiger partial charge in [0.1, 0.15) is 6.20 Å². The van der Waals surface area contributed by atoms with Crippen LogP contribution in [0.15, 0.2) is 17.4 Å². The van der Waals surface area contributed by atoms with Crippen LogP contribution in [0.4, 0.5) is 43.9 Å². The first-order chi connectivity index (χ1) is 10.8. The lowest BCUT2D eigenvalue weighted by Crippen LogP contribution is -2.50. The summed E-state index contributed by atoms with van der Waals surface area (Å²) in [7, 11) is -6.39. The van der Waals surface area contributed by atoms with Gasteiger partial charge in [0, 0.05) is 0 Å². The fourth-order valence-corrected chi connectivity index (χ4v) is 2.14. The third-order valence-electron chi connectivity index (χ3n) is 2.93. The predicted octanol–water partition coefficient (Wildman–Crippen LogP) is 3.90. The lowest BCUT2D eigenvalue weighted by molar-refractivity contribution is -0.753. The fraction of sp³-hybridized carbons (Fsp3) is 0.700. The van der Waals surface area contributed by atoms with Gasteiger partial charge < -0.3 is 9.46 Å². The minimum Gasteiger partial charge on any atom is -0.790 e. The van der Waals surface area contributed by atoms with E-state index in [0.29, 0.717) is 0 Å². The molecule has 1 rings (SSSR count). The Hall–Kier alpha value is -1.14. The van der Waals surface area contributed by atoms with Crippen molar-refractivity contribution >= 4 is 13.7 Å². The Bertz CT molecular complexity index is 539. The predicted molar refractivity (Wildman–Crippen MR) is 64.0 cm³/mol. The van der Waals surface area contributed by atoms with Crippen LogP contribution in [0.25, 0.3) is 0 Å². The molecule has 148 valence electrons. The van der Waals surface area contributed by atoms with Gasteiger partial charge in [0.05, 0.1) is 19.8 Å². The first-order valence-electron chi connectivity index (χ1n) is 6.04. The van der Waals surface area contributed by atoms with E-state index in [4.69, 9.17) is 0 Å². The highest BCUT2D eigenvalue weighted by Gasteiger charge is 2.78. The molecule has 0 radical (unpaired) electrons. The maximum absolute atomic E-state index is 12.1. The maximum atomic E-state index is 12.1. The lowest BCUT2D eigenvalue weighted by atomic mass is 10.5. The summed E-state index contributed by atoms with van der Waals surface area (Å²) in [5.41, 5.74) is -14.4. The van der Waals surface area contributed by atoms with E-state index < -0.39 is 31.0 Å². The molecule has 0 bridgehead atoms. The molecule has 15 heteroatoms. The number of hydrogen-bond donors (Lipinski definition) is 0. The summed E-state index contributed by atoms with van der Waals surface area (Å²) in [4.78, 5) is 14.0. The summed E-state index contributed by atoms with van der Waals surface area (Å²) in [5.74, 6) is 0.